The van der Waals surface area contributed by atoms with Crippen LogP contribution in [0.15, 0.2) is 53.3 Å². The Bertz CT molecular complexity index is 1220. The molecule has 0 radical (unpaired) electrons. The molecule has 3 aliphatic rings. The zero-order valence-electron chi connectivity index (χ0n) is 21.8. The van der Waals surface area contributed by atoms with Gasteiger partial charge in [-0.3, -0.25) is 9.59 Å². The van der Waals surface area contributed by atoms with Crippen molar-refractivity contribution in [2.75, 3.05) is 33.2 Å². The summed E-state index contributed by atoms with van der Waals surface area (Å²) in [4.78, 5) is 29.5. The van der Waals surface area contributed by atoms with Crippen molar-refractivity contribution in [1.82, 2.24) is 15.1 Å². The van der Waals surface area contributed by atoms with Gasteiger partial charge in [0.2, 0.25) is 11.8 Å². The molecule has 6 nitrogen and oxygen atoms in total. The number of nitrogens with zero attached hydrogens (tertiary/aromatic N) is 3. The van der Waals surface area contributed by atoms with Gasteiger partial charge in [0.05, 0.1) is 11.6 Å². The van der Waals surface area contributed by atoms with Crippen LogP contribution in [0.2, 0.25) is 0 Å². The normalized spacial score (nSPS) is 23.2. The van der Waals surface area contributed by atoms with E-state index >= 15 is 0 Å². The highest BCUT2D eigenvalue weighted by atomic mass is 19.2. The summed E-state index contributed by atoms with van der Waals surface area (Å²) in [5.41, 5.74) is 2.29. The molecule has 2 amide bonds. The van der Waals surface area contributed by atoms with Crippen molar-refractivity contribution in [3.8, 4) is 6.07 Å². The van der Waals surface area contributed by atoms with Crippen molar-refractivity contribution in [2.45, 2.75) is 44.9 Å². The number of carbonyl (C=O) groups is 2. The maximum atomic E-state index is 14.0. The molecular formula is C29H33F3N4O2. The van der Waals surface area contributed by atoms with Crippen LogP contribution in [0.5, 0.6) is 0 Å². The van der Waals surface area contributed by atoms with Crippen LogP contribution in [0.3, 0.4) is 0 Å². The van der Waals surface area contributed by atoms with E-state index in [2.05, 4.69) is 16.3 Å². The second-order valence-corrected chi connectivity index (χ2v) is 10.3. The van der Waals surface area contributed by atoms with Gasteiger partial charge in [0.25, 0.3) is 0 Å². The number of allylic oxidation sites excluding steroid dienone is 5. The van der Waals surface area contributed by atoms with E-state index in [4.69, 9.17) is 0 Å². The lowest BCUT2D eigenvalue weighted by Gasteiger charge is -2.36. The number of piperidine rings is 1. The topological polar surface area (TPSA) is 76.4 Å². The number of hydrogen-bond acceptors (Lipinski definition) is 4. The lowest BCUT2D eigenvalue weighted by atomic mass is 9.76. The second kappa shape index (κ2) is 12.0. The molecule has 9 heteroatoms. The minimum Gasteiger partial charge on any atom is -0.352 e. The summed E-state index contributed by atoms with van der Waals surface area (Å²) < 4.78 is 41.0. The Morgan fingerprint density at radius 1 is 1.18 bits per heavy atom. The average Bonchev–Trinajstić information content (AvgIpc) is 2.91. The number of rotatable bonds is 7. The predicted molar refractivity (Wildman–Crippen MR) is 137 cm³/mol. The highest BCUT2D eigenvalue weighted by molar-refractivity contribution is 5.97. The molecule has 2 atom stereocenters. The molecule has 0 aromatic heterocycles. The third-order valence-corrected chi connectivity index (χ3v) is 8.06. The Morgan fingerprint density at radius 3 is 2.61 bits per heavy atom. The zero-order chi connectivity index (χ0) is 27.4. The largest absolute Gasteiger partial charge is 0.352 e. The van der Waals surface area contributed by atoms with Gasteiger partial charge in [0, 0.05) is 43.6 Å². The molecule has 202 valence electrons. The molecule has 4 rings (SSSR count). The van der Waals surface area contributed by atoms with Crippen LogP contribution in [0, 0.1) is 29.0 Å². The van der Waals surface area contributed by atoms with Gasteiger partial charge in [-0.25, -0.2) is 13.2 Å². The quantitative estimate of drug-likeness (QED) is 0.515. The van der Waals surface area contributed by atoms with Crippen LogP contribution in [-0.4, -0.2) is 54.8 Å². The number of benzene rings is 1. The van der Waals surface area contributed by atoms with E-state index in [1.165, 1.54) is 17.0 Å². The van der Waals surface area contributed by atoms with Crippen LogP contribution in [0.4, 0.5) is 13.2 Å². The summed E-state index contributed by atoms with van der Waals surface area (Å²) in [5.74, 6) is -3.35. The summed E-state index contributed by atoms with van der Waals surface area (Å²) in [6.07, 6.45) is 5.01. The molecule has 1 aromatic rings. The van der Waals surface area contributed by atoms with Crippen molar-refractivity contribution < 1.29 is 22.8 Å². The smallest absolute Gasteiger partial charge is 0.249 e. The Balaban J connectivity index is 1.29. The van der Waals surface area contributed by atoms with Crippen LogP contribution >= 0.6 is 0 Å². The molecule has 1 saturated heterocycles. The molecule has 1 fully saturated rings. The molecule has 1 aromatic carbocycles. The fourth-order valence-corrected chi connectivity index (χ4v) is 5.76. The van der Waals surface area contributed by atoms with E-state index in [1.54, 1.807) is 26.1 Å². The SMILES string of the molecule is CC1=C(C(=O)NCCCN2CCC(c3ccc(F)cc3C#N)CC2)[C@@H](C2C=CC(F)=C(F)C2)CC(=O)N1C. The molecule has 1 unspecified atom stereocenters. The lowest BCUT2D eigenvalue weighted by Crippen LogP contribution is -2.42. The van der Waals surface area contributed by atoms with Gasteiger partial charge < -0.3 is 15.1 Å². The highest BCUT2D eigenvalue weighted by Crippen LogP contribution is 2.39. The van der Waals surface area contributed by atoms with Gasteiger partial charge in [0.15, 0.2) is 5.83 Å². The van der Waals surface area contributed by atoms with Gasteiger partial charge in [-0.15, -0.1) is 0 Å². The summed E-state index contributed by atoms with van der Waals surface area (Å²) in [6.45, 7) is 4.65. The van der Waals surface area contributed by atoms with E-state index in [0.29, 0.717) is 23.4 Å². The third kappa shape index (κ3) is 6.02. The van der Waals surface area contributed by atoms with Crippen LogP contribution < -0.4 is 5.32 Å². The maximum absolute atomic E-state index is 14.0. The molecular weight excluding hydrogens is 493 g/mol. The standard InChI is InChI=1S/C29H33F3N4O2/c1-18-28(24(16-27(37)35(18)2)20-4-7-25(31)26(32)15-20)29(38)34-10-3-11-36-12-8-19(9-13-36)23-6-5-22(30)14-21(23)17-33/h4-7,14,19-20,24H,3,8-13,15-16H2,1-2H3,(H,34,38)/t20?,24-/m1/s1. The van der Waals surface area contributed by atoms with Crippen molar-refractivity contribution in [1.29, 1.82) is 5.26 Å². The van der Waals surface area contributed by atoms with Crippen molar-refractivity contribution in [3.05, 3.63) is 70.2 Å². The van der Waals surface area contributed by atoms with Crippen LogP contribution in [0.25, 0.3) is 0 Å². The highest BCUT2D eigenvalue weighted by Gasteiger charge is 2.38. The van der Waals surface area contributed by atoms with E-state index in [9.17, 15) is 28.0 Å². The first kappa shape index (κ1) is 27.6. The Morgan fingerprint density at radius 2 is 1.92 bits per heavy atom. The predicted octanol–water partition coefficient (Wildman–Crippen LogP) is 4.86. The number of amides is 2. The van der Waals surface area contributed by atoms with Crippen LogP contribution in [0.1, 0.15) is 56.1 Å². The minimum absolute atomic E-state index is 0.0665. The molecule has 38 heavy (non-hydrogen) atoms. The van der Waals surface area contributed by atoms with Crippen molar-refractivity contribution in [3.63, 3.8) is 0 Å². The summed E-state index contributed by atoms with van der Waals surface area (Å²) in [7, 11) is 1.62. The molecule has 2 aliphatic heterocycles. The maximum Gasteiger partial charge on any atom is 0.249 e. The molecule has 1 N–H and O–H groups in total. The first-order valence-corrected chi connectivity index (χ1v) is 13.1. The minimum atomic E-state index is -0.903. The second-order valence-electron chi connectivity index (χ2n) is 10.3. The monoisotopic (exact) mass is 526 g/mol. The number of likely N-dealkylation sites (tertiary alicyclic amines) is 1. The van der Waals surface area contributed by atoms with E-state index in [-0.39, 0.29) is 30.6 Å². The summed E-state index contributed by atoms with van der Waals surface area (Å²) in [5, 5.41) is 12.3. The number of hydrogen-bond donors (Lipinski definition) is 1. The van der Waals surface area contributed by atoms with E-state index in [0.717, 1.165) is 50.5 Å². The number of carbonyl (C=O) groups excluding carboxylic acids is 2. The summed E-state index contributed by atoms with van der Waals surface area (Å²) >= 11 is 0. The molecule has 0 saturated carbocycles. The Hall–Kier alpha value is -3.38. The van der Waals surface area contributed by atoms with Crippen LogP contribution in [-0.2, 0) is 9.59 Å². The Labute approximate surface area is 221 Å². The van der Waals surface area contributed by atoms with Gasteiger partial charge in [-0.1, -0.05) is 12.1 Å². The third-order valence-electron chi connectivity index (χ3n) is 8.06. The molecule has 2 heterocycles. The molecule has 1 aliphatic carbocycles. The number of halogens is 3. The van der Waals surface area contributed by atoms with E-state index < -0.39 is 29.3 Å². The van der Waals surface area contributed by atoms with Gasteiger partial charge in [-0.2, -0.15) is 5.26 Å². The lowest BCUT2D eigenvalue weighted by molar-refractivity contribution is -0.130. The fourth-order valence-electron chi connectivity index (χ4n) is 5.76. The van der Waals surface area contributed by atoms with Crippen molar-refractivity contribution in [2.24, 2.45) is 11.8 Å². The average molecular weight is 527 g/mol. The molecule has 0 spiro atoms. The van der Waals surface area contributed by atoms with Crippen molar-refractivity contribution >= 4 is 11.8 Å². The first-order chi connectivity index (χ1) is 18.2. The summed E-state index contributed by atoms with van der Waals surface area (Å²) in [6, 6.07) is 6.52. The van der Waals surface area contributed by atoms with Gasteiger partial charge in [0.1, 0.15) is 11.6 Å². The fraction of sp³-hybridized carbons (Fsp3) is 0.483. The number of nitrogens with one attached hydrogen (secondary N) is 1. The zero-order valence-corrected chi connectivity index (χ0v) is 21.8. The van der Waals surface area contributed by atoms with Gasteiger partial charge in [-0.05, 0) is 81.4 Å². The Kier molecular flexibility index (Phi) is 8.72. The number of nitriles is 1. The molecule has 0 bridgehead atoms. The first-order valence-electron chi connectivity index (χ1n) is 13.1. The van der Waals surface area contributed by atoms with E-state index in [1.807, 2.05) is 0 Å². The van der Waals surface area contributed by atoms with Gasteiger partial charge >= 0.3 is 0 Å².